The number of carbonyl (C=O) groups is 1. The molecule has 0 radical (unpaired) electrons. The third-order valence-electron chi connectivity index (χ3n) is 1.87. The van der Waals surface area contributed by atoms with Crippen molar-refractivity contribution in [1.29, 1.82) is 0 Å². The van der Waals surface area contributed by atoms with Crippen molar-refractivity contribution < 1.29 is 4.79 Å². The van der Waals surface area contributed by atoms with Crippen LogP contribution in [-0.2, 0) is 18.3 Å². The maximum atomic E-state index is 10.6. The molecule has 1 unspecified atom stereocenters. The van der Waals surface area contributed by atoms with Gasteiger partial charge in [-0.3, -0.25) is 9.48 Å². The van der Waals surface area contributed by atoms with E-state index in [1.807, 2.05) is 13.2 Å². The van der Waals surface area contributed by atoms with Gasteiger partial charge < -0.3 is 11.5 Å². The molecule has 1 rings (SSSR count). The molecule has 0 aromatic carbocycles. The molecule has 1 heterocycles. The van der Waals surface area contributed by atoms with Gasteiger partial charge in [0, 0.05) is 13.2 Å². The van der Waals surface area contributed by atoms with Crippen molar-refractivity contribution in [1.82, 2.24) is 9.78 Å². The molecule has 1 aromatic heterocycles. The van der Waals surface area contributed by atoms with Gasteiger partial charge in [-0.05, 0) is 18.4 Å². The zero-order valence-electron chi connectivity index (χ0n) is 7.60. The third-order valence-corrected chi connectivity index (χ3v) is 1.87. The highest BCUT2D eigenvalue weighted by atomic mass is 16.1. The Morgan fingerprint density at radius 3 is 2.92 bits per heavy atom. The van der Waals surface area contributed by atoms with Crippen LogP contribution in [0.3, 0.4) is 0 Å². The normalized spacial score (nSPS) is 12.8. The average Bonchev–Trinajstić information content (AvgIpc) is 2.47. The molecule has 0 saturated heterocycles. The van der Waals surface area contributed by atoms with E-state index in [1.54, 1.807) is 10.9 Å². The fraction of sp³-hybridized carbons (Fsp3) is 0.500. The highest BCUT2D eigenvalue weighted by Gasteiger charge is 2.09. The molecule has 5 nitrogen and oxygen atoms in total. The fourth-order valence-corrected chi connectivity index (χ4v) is 1.07. The first-order valence-electron chi connectivity index (χ1n) is 4.12. The van der Waals surface area contributed by atoms with Crippen molar-refractivity contribution in [2.45, 2.75) is 18.9 Å². The predicted molar refractivity (Wildman–Crippen MR) is 48.7 cm³/mol. The Kier molecular flexibility index (Phi) is 3.02. The molecule has 0 aliphatic carbocycles. The van der Waals surface area contributed by atoms with Gasteiger partial charge in [-0.1, -0.05) is 0 Å². The second-order valence-corrected chi connectivity index (χ2v) is 3.07. The minimum Gasteiger partial charge on any atom is -0.368 e. The van der Waals surface area contributed by atoms with Crippen LogP contribution in [-0.4, -0.2) is 21.7 Å². The zero-order chi connectivity index (χ0) is 9.84. The monoisotopic (exact) mass is 182 g/mol. The molecule has 0 saturated carbocycles. The number of nitrogens with zero attached hydrogens (tertiary/aromatic N) is 2. The number of primary amides is 1. The van der Waals surface area contributed by atoms with Crippen LogP contribution in [0.1, 0.15) is 12.0 Å². The summed E-state index contributed by atoms with van der Waals surface area (Å²) >= 11 is 0. The summed E-state index contributed by atoms with van der Waals surface area (Å²) in [7, 11) is 1.84. The summed E-state index contributed by atoms with van der Waals surface area (Å²) in [5, 5.41) is 4.00. The minimum absolute atomic E-state index is 0.455. The van der Waals surface area contributed by atoms with E-state index < -0.39 is 11.9 Å². The lowest BCUT2D eigenvalue weighted by molar-refractivity contribution is -0.119. The van der Waals surface area contributed by atoms with Gasteiger partial charge in [0.25, 0.3) is 0 Å². The number of rotatable bonds is 4. The van der Waals surface area contributed by atoms with Crippen LogP contribution >= 0.6 is 0 Å². The Morgan fingerprint density at radius 2 is 2.46 bits per heavy atom. The highest BCUT2D eigenvalue weighted by Crippen LogP contribution is 2.02. The van der Waals surface area contributed by atoms with E-state index in [1.165, 1.54) is 0 Å². The maximum Gasteiger partial charge on any atom is 0.234 e. The molecule has 0 fully saturated rings. The summed E-state index contributed by atoms with van der Waals surface area (Å²) in [5.74, 6) is -0.455. The number of hydrogen-bond donors (Lipinski definition) is 2. The molecule has 1 amide bonds. The Hall–Kier alpha value is -1.36. The maximum absolute atomic E-state index is 10.6. The number of amides is 1. The summed E-state index contributed by atoms with van der Waals surface area (Å²) in [5.41, 5.74) is 11.6. The molecule has 1 atom stereocenters. The number of carbonyl (C=O) groups excluding carboxylic acids is 1. The quantitative estimate of drug-likeness (QED) is 0.636. The molecule has 72 valence electrons. The lowest BCUT2D eigenvalue weighted by Crippen LogP contribution is -2.36. The standard InChI is InChI=1S/C8H14N4O/c1-12-5-6(4-11-12)2-3-7(9)8(10)13/h4-5,7H,2-3,9H2,1H3,(H2,10,13). The highest BCUT2D eigenvalue weighted by molar-refractivity contribution is 5.79. The lowest BCUT2D eigenvalue weighted by Gasteiger charge is -2.04. The Labute approximate surface area is 76.7 Å². The second kappa shape index (κ2) is 4.04. The summed E-state index contributed by atoms with van der Waals surface area (Å²) in [4.78, 5) is 10.6. The summed E-state index contributed by atoms with van der Waals surface area (Å²) in [6.07, 6.45) is 4.96. The van der Waals surface area contributed by atoms with Crippen LogP contribution in [0.5, 0.6) is 0 Å². The topological polar surface area (TPSA) is 86.9 Å². The van der Waals surface area contributed by atoms with Gasteiger partial charge >= 0.3 is 0 Å². The largest absolute Gasteiger partial charge is 0.368 e. The van der Waals surface area contributed by atoms with Crippen molar-refractivity contribution in [2.75, 3.05) is 0 Å². The third kappa shape index (κ3) is 2.87. The second-order valence-electron chi connectivity index (χ2n) is 3.07. The zero-order valence-corrected chi connectivity index (χ0v) is 7.60. The van der Waals surface area contributed by atoms with E-state index in [0.717, 1.165) is 12.0 Å². The molecule has 4 N–H and O–H groups in total. The molecule has 5 heteroatoms. The van der Waals surface area contributed by atoms with Gasteiger partial charge in [-0.25, -0.2) is 0 Å². The lowest BCUT2D eigenvalue weighted by atomic mass is 10.1. The first-order chi connectivity index (χ1) is 6.09. The Balaban J connectivity index is 2.39. The van der Waals surface area contributed by atoms with Crippen molar-refractivity contribution in [2.24, 2.45) is 18.5 Å². The predicted octanol–water partition coefficient (Wildman–Crippen LogP) is -0.835. The number of hydrogen-bond acceptors (Lipinski definition) is 3. The summed E-state index contributed by atoms with van der Waals surface area (Å²) < 4.78 is 1.71. The molecular weight excluding hydrogens is 168 g/mol. The van der Waals surface area contributed by atoms with Crippen LogP contribution in [0.2, 0.25) is 0 Å². The first-order valence-corrected chi connectivity index (χ1v) is 4.12. The van der Waals surface area contributed by atoms with E-state index in [4.69, 9.17) is 11.5 Å². The summed E-state index contributed by atoms with van der Waals surface area (Å²) in [6, 6.07) is -0.555. The SMILES string of the molecule is Cn1cc(CCC(N)C(N)=O)cn1. The molecule has 0 aliphatic rings. The van der Waals surface area contributed by atoms with E-state index in [9.17, 15) is 4.79 Å². The smallest absolute Gasteiger partial charge is 0.234 e. The van der Waals surface area contributed by atoms with E-state index >= 15 is 0 Å². The number of aromatic nitrogens is 2. The number of aryl methyl sites for hydroxylation is 2. The minimum atomic E-state index is -0.555. The van der Waals surface area contributed by atoms with Gasteiger partial charge in [-0.15, -0.1) is 0 Å². The van der Waals surface area contributed by atoms with Crippen LogP contribution in [0.15, 0.2) is 12.4 Å². The van der Waals surface area contributed by atoms with Crippen molar-refractivity contribution in [3.8, 4) is 0 Å². The number of nitrogens with two attached hydrogens (primary N) is 2. The van der Waals surface area contributed by atoms with E-state index in [2.05, 4.69) is 5.10 Å². The van der Waals surface area contributed by atoms with Gasteiger partial charge in [0.15, 0.2) is 0 Å². The van der Waals surface area contributed by atoms with Crippen molar-refractivity contribution in [3.63, 3.8) is 0 Å². The van der Waals surface area contributed by atoms with E-state index in [0.29, 0.717) is 6.42 Å². The Morgan fingerprint density at radius 1 is 1.77 bits per heavy atom. The van der Waals surface area contributed by atoms with E-state index in [-0.39, 0.29) is 0 Å². The van der Waals surface area contributed by atoms with Gasteiger partial charge in [-0.2, -0.15) is 5.10 Å². The van der Waals surface area contributed by atoms with Gasteiger partial charge in [0.1, 0.15) is 0 Å². The summed E-state index contributed by atoms with van der Waals surface area (Å²) in [6.45, 7) is 0. The molecule has 0 spiro atoms. The molecule has 1 aromatic rings. The molecule has 13 heavy (non-hydrogen) atoms. The van der Waals surface area contributed by atoms with Gasteiger partial charge in [0.2, 0.25) is 5.91 Å². The Bertz CT molecular complexity index is 294. The van der Waals surface area contributed by atoms with Crippen LogP contribution in [0.25, 0.3) is 0 Å². The van der Waals surface area contributed by atoms with Crippen LogP contribution < -0.4 is 11.5 Å². The first kappa shape index (κ1) is 9.73. The van der Waals surface area contributed by atoms with Crippen LogP contribution in [0.4, 0.5) is 0 Å². The molecule has 0 bridgehead atoms. The molecule has 0 aliphatic heterocycles. The molecular formula is C8H14N4O. The van der Waals surface area contributed by atoms with Crippen molar-refractivity contribution in [3.05, 3.63) is 18.0 Å². The van der Waals surface area contributed by atoms with Crippen LogP contribution in [0, 0.1) is 0 Å². The van der Waals surface area contributed by atoms with Gasteiger partial charge in [0.05, 0.1) is 12.2 Å². The average molecular weight is 182 g/mol. The van der Waals surface area contributed by atoms with Crippen molar-refractivity contribution >= 4 is 5.91 Å². The fourth-order valence-electron chi connectivity index (χ4n) is 1.07.